The number of carbonyl (C=O) groups is 2. The van der Waals surface area contributed by atoms with Crippen LogP contribution < -0.4 is 11.1 Å². The molecule has 3 N–H and O–H groups in total. The maximum atomic E-state index is 11.7. The number of amides is 2. The largest absolute Gasteiger partial charge is 0.327 e. The quantitative estimate of drug-likeness (QED) is 0.672. The number of hydrogen-bond acceptors (Lipinski definition) is 4. The van der Waals surface area contributed by atoms with Crippen molar-refractivity contribution in [2.75, 3.05) is 6.54 Å². The van der Waals surface area contributed by atoms with Crippen molar-refractivity contribution in [2.24, 2.45) is 11.1 Å². The van der Waals surface area contributed by atoms with Crippen LogP contribution in [0.3, 0.4) is 0 Å². The first kappa shape index (κ1) is 14.1. The molecule has 1 saturated heterocycles. The zero-order chi connectivity index (χ0) is 13.4. The zero-order valence-corrected chi connectivity index (χ0v) is 11.3. The van der Waals surface area contributed by atoms with Crippen LogP contribution in [0.1, 0.15) is 34.6 Å². The van der Waals surface area contributed by atoms with Gasteiger partial charge in [0.2, 0.25) is 11.8 Å². The Labute approximate surface area is 103 Å². The van der Waals surface area contributed by atoms with Gasteiger partial charge in [-0.3, -0.25) is 19.8 Å². The molecule has 98 valence electrons. The summed E-state index contributed by atoms with van der Waals surface area (Å²) in [5.74, 6) is -0.487. The first-order valence-electron chi connectivity index (χ1n) is 5.99. The average molecular weight is 241 g/mol. The van der Waals surface area contributed by atoms with Crippen molar-refractivity contribution in [1.82, 2.24) is 10.2 Å². The van der Waals surface area contributed by atoms with Crippen LogP contribution in [0.25, 0.3) is 0 Å². The number of piperazine rings is 1. The van der Waals surface area contributed by atoms with Crippen molar-refractivity contribution in [3.05, 3.63) is 0 Å². The Balaban J connectivity index is 3.01. The van der Waals surface area contributed by atoms with Gasteiger partial charge in [0.25, 0.3) is 0 Å². The highest BCUT2D eigenvalue weighted by molar-refractivity contribution is 6.00. The van der Waals surface area contributed by atoms with E-state index >= 15 is 0 Å². The van der Waals surface area contributed by atoms with Crippen LogP contribution in [-0.2, 0) is 9.59 Å². The summed E-state index contributed by atoms with van der Waals surface area (Å²) in [6.45, 7) is 10.2. The zero-order valence-electron chi connectivity index (χ0n) is 11.3. The minimum absolute atomic E-state index is 0.00694. The average Bonchev–Trinajstić information content (AvgIpc) is 2.10. The van der Waals surface area contributed by atoms with Gasteiger partial charge in [-0.15, -0.1) is 0 Å². The molecule has 1 heterocycles. The molecule has 0 aromatic rings. The van der Waals surface area contributed by atoms with Gasteiger partial charge in [-0.2, -0.15) is 0 Å². The van der Waals surface area contributed by atoms with Crippen LogP contribution in [-0.4, -0.2) is 41.4 Å². The molecule has 1 rings (SSSR count). The van der Waals surface area contributed by atoms with E-state index in [0.29, 0.717) is 0 Å². The monoisotopic (exact) mass is 241 g/mol. The fourth-order valence-electron chi connectivity index (χ4n) is 2.66. The molecular weight excluding hydrogens is 218 g/mol. The predicted octanol–water partition coefficient (Wildman–Crippen LogP) is 0.0952. The summed E-state index contributed by atoms with van der Waals surface area (Å²) in [7, 11) is 0. The molecule has 3 unspecified atom stereocenters. The number of rotatable bonds is 2. The van der Waals surface area contributed by atoms with Crippen LogP contribution >= 0.6 is 0 Å². The Bertz CT molecular complexity index is 320. The van der Waals surface area contributed by atoms with Gasteiger partial charge in [0.15, 0.2) is 0 Å². The van der Waals surface area contributed by atoms with Gasteiger partial charge in [-0.1, -0.05) is 20.8 Å². The second kappa shape index (κ2) is 4.74. The van der Waals surface area contributed by atoms with E-state index in [0.717, 1.165) is 0 Å². The summed E-state index contributed by atoms with van der Waals surface area (Å²) < 4.78 is 0. The number of hydrogen-bond donors (Lipinski definition) is 2. The smallest absolute Gasteiger partial charge is 0.243 e. The Kier molecular flexibility index (Phi) is 3.94. The van der Waals surface area contributed by atoms with Crippen LogP contribution in [0.2, 0.25) is 0 Å². The van der Waals surface area contributed by atoms with Gasteiger partial charge in [0, 0.05) is 12.1 Å². The van der Waals surface area contributed by atoms with Crippen molar-refractivity contribution >= 4 is 11.8 Å². The molecule has 17 heavy (non-hydrogen) atoms. The van der Waals surface area contributed by atoms with Crippen molar-refractivity contribution < 1.29 is 9.59 Å². The van der Waals surface area contributed by atoms with Gasteiger partial charge >= 0.3 is 0 Å². The number of nitrogens with two attached hydrogens (primary N) is 1. The lowest BCUT2D eigenvalue weighted by Crippen LogP contribution is -2.65. The molecule has 1 fully saturated rings. The van der Waals surface area contributed by atoms with E-state index in [2.05, 4.69) is 26.1 Å². The summed E-state index contributed by atoms with van der Waals surface area (Å²) in [6, 6.07) is -0.424. The molecule has 0 aromatic heterocycles. The molecule has 0 bridgehead atoms. The van der Waals surface area contributed by atoms with Crippen LogP contribution in [0.15, 0.2) is 0 Å². The second-order valence-electron chi connectivity index (χ2n) is 5.93. The molecule has 5 nitrogen and oxygen atoms in total. The molecular formula is C12H23N3O2. The van der Waals surface area contributed by atoms with Crippen molar-refractivity contribution in [3.63, 3.8) is 0 Å². The molecule has 5 heteroatoms. The Morgan fingerprint density at radius 1 is 1.41 bits per heavy atom. The Morgan fingerprint density at radius 2 is 1.94 bits per heavy atom. The van der Waals surface area contributed by atoms with E-state index in [9.17, 15) is 9.59 Å². The molecule has 3 atom stereocenters. The lowest BCUT2D eigenvalue weighted by atomic mass is 9.81. The maximum Gasteiger partial charge on any atom is 0.243 e. The van der Waals surface area contributed by atoms with E-state index < -0.39 is 0 Å². The van der Waals surface area contributed by atoms with Crippen LogP contribution in [0, 0.1) is 5.41 Å². The third-order valence-electron chi connectivity index (χ3n) is 3.21. The first-order chi connectivity index (χ1) is 7.64. The van der Waals surface area contributed by atoms with E-state index in [-0.39, 0.29) is 41.9 Å². The Hall–Kier alpha value is -0.940. The third-order valence-corrected chi connectivity index (χ3v) is 3.21. The van der Waals surface area contributed by atoms with Crippen LogP contribution in [0.5, 0.6) is 0 Å². The summed E-state index contributed by atoms with van der Waals surface area (Å²) in [6.07, 6.45) is 0. The van der Waals surface area contributed by atoms with E-state index in [1.165, 1.54) is 0 Å². The Morgan fingerprint density at radius 3 is 2.35 bits per heavy atom. The van der Waals surface area contributed by atoms with Gasteiger partial charge in [-0.25, -0.2) is 0 Å². The highest BCUT2D eigenvalue weighted by Gasteiger charge is 2.41. The molecule has 0 spiro atoms. The van der Waals surface area contributed by atoms with Gasteiger partial charge in [0.1, 0.15) is 0 Å². The summed E-state index contributed by atoms with van der Waals surface area (Å²) in [5.41, 5.74) is 5.94. The first-order valence-corrected chi connectivity index (χ1v) is 5.99. The fraction of sp³-hybridized carbons (Fsp3) is 0.833. The van der Waals surface area contributed by atoms with Gasteiger partial charge < -0.3 is 5.73 Å². The fourth-order valence-corrected chi connectivity index (χ4v) is 2.66. The standard InChI is InChI=1S/C12H23N3O2/c1-7(13)10(12(3,4)5)15-6-9(16)14-11(17)8(15)2/h7-8,10H,6,13H2,1-5H3,(H,14,16,17). The lowest BCUT2D eigenvalue weighted by molar-refractivity contribution is -0.142. The summed E-state index contributed by atoms with van der Waals surface area (Å²) >= 11 is 0. The molecule has 0 aliphatic carbocycles. The number of nitrogens with zero attached hydrogens (tertiary/aromatic N) is 1. The van der Waals surface area contributed by atoms with E-state index in [4.69, 9.17) is 5.73 Å². The number of imide groups is 1. The molecule has 1 aliphatic rings. The summed E-state index contributed by atoms with van der Waals surface area (Å²) in [4.78, 5) is 25.0. The molecule has 0 saturated carbocycles. The normalized spacial score (nSPS) is 26.6. The van der Waals surface area contributed by atoms with Crippen molar-refractivity contribution in [3.8, 4) is 0 Å². The topological polar surface area (TPSA) is 75.4 Å². The highest BCUT2D eigenvalue weighted by Crippen LogP contribution is 2.28. The summed E-state index contributed by atoms with van der Waals surface area (Å²) in [5, 5.41) is 2.34. The van der Waals surface area contributed by atoms with Crippen molar-refractivity contribution in [2.45, 2.75) is 52.7 Å². The molecule has 2 amide bonds. The number of carbonyl (C=O) groups excluding carboxylic acids is 2. The van der Waals surface area contributed by atoms with Gasteiger partial charge in [0.05, 0.1) is 12.6 Å². The van der Waals surface area contributed by atoms with Crippen molar-refractivity contribution in [1.29, 1.82) is 0 Å². The minimum atomic E-state index is -0.317. The molecule has 0 aromatic carbocycles. The SMILES string of the molecule is CC(N)C(N1CC(=O)NC(=O)C1C)C(C)(C)C. The number of nitrogens with one attached hydrogen (secondary N) is 1. The molecule has 0 radical (unpaired) electrons. The minimum Gasteiger partial charge on any atom is -0.327 e. The van der Waals surface area contributed by atoms with Gasteiger partial charge in [-0.05, 0) is 19.3 Å². The molecule has 1 aliphatic heterocycles. The third kappa shape index (κ3) is 3.04. The lowest BCUT2D eigenvalue weighted by Gasteiger charge is -2.46. The van der Waals surface area contributed by atoms with E-state index in [1.807, 2.05) is 18.7 Å². The highest BCUT2D eigenvalue weighted by atomic mass is 16.2. The predicted molar refractivity (Wildman–Crippen MR) is 66.2 cm³/mol. The maximum absolute atomic E-state index is 11.7. The second-order valence-corrected chi connectivity index (χ2v) is 5.93. The van der Waals surface area contributed by atoms with Crippen LogP contribution in [0.4, 0.5) is 0 Å². The van der Waals surface area contributed by atoms with E-state index in [1.54, 1.807) is 0 Å².